The largest absolute Gasteiger partial charge is 0.353 e. The predicted octanol–water partition coefficient (Wildman–Crippen LogP) is 2.63. The maximum absolute atomic E-state index is 12.0. The molecular formula is C16H23Cl2N3O2. The fourth-order valence-corrected chi connectivity index (χ4v) is 2.37. The molecule has 0 heterocycles. The number of rotatable bonds is 7. The van der Waals surface area contributed by atoms with Crippen LogP contribution in [0.2, 0.25) is 10.0 Å². The molecule has 7 heteroatoms. The van der Waals surface area contributed by atoms with Crippen LogP contribution in [0.5, 0.6) is 0 Å². The van der Waals surface area contributed by atoms with Gasteiger partial charge in [-0.1, -0.05) is 29.3 Å². The summed E-state index contributed by atoms with van der Waals surface area (Å²) in [5.74, 6) is -0.267. The van der Waals surface area contributed by atoms with Crippen molar-refractivity contribution in [3.05, 3.63) is 33.8 Å². The summed E-state index contributed by atoms with van der Waals surface area (Å²) < 4.78 is 0. The van der Waals surface area contributed by atoms with E-state index in [1.54, 1.807) is 24.1 Å². The third-order valence-electron chi connectivity index (χ3n) is 3.10. The molecule has 0 fully saturated rings. The van der Waals surface area contributed by atoms with Crippen LogP contribution >= 0.6 is 23.2 Å². The Balaban J connectivity index is 2.48. The van der Waals surface area contributed by atoms with Gasteiger partial charge >= 0.3 is 0 Å². The Morgan fingerprint density at radius 2 is 1.61 bits per heavy atom. The van der Waals surface area contributed by atoms with Crippen LogP contribution in [0.25, 0.3) is 0 Å². The second kappa shape index (κ2) is 9.11. The molecule has 0 bridgehead atoms. The number of hydrogen-bond donors (Lipinski definition) is 2. The lowest BCUT2D eigenvalue weighted by atomic mass is 10.1. The van der Waals surface area contributed by atoms with Gasteiger partial charge in [0.15, 0.2) is 0 Å². The first-order valence-electron chi connectivity index (χ1n) is 7.41. The van der Waals surface area contributed by atoms with Gasteiger partial charge in [-0.25, -0.2) is 0 Å². The van der Waals surface area contributed by atoms with Gasteiger partial charge < -0.3 is 10.6 Å². The Morgan fingerprint density at radius 3 is 2.13 bits per heavy atom. The molecule has 5 nitrogen and oxygen atoms in total. The number of amides is 2. The van der Waals surface area contributed by atoms with Gasteiger partial charge in [0.05, 0.1) is 29.2 Å². The van der Waals surface area contributed by atoms with Crippen molar-refractivity contribution in [2.45, 2.75) is 32.9 Å². The highest BCUT2D eigenvalue weighted by molar-refractivity contribution is 6.42. The first kappa shape index (κ1) is 19.7. The average Bonchev–Trinajstić information content (AvgIpc) is 2.39. The van der Waals surface area contributed by atoms with Crippen molar-refractivity contribution in [3.8, 4) is 0 Å². The fraction of sp³-hybridized carbons (Fsp3) is 0.500. The second-order valence-electron chi connectivity index (χ2n) is 5.86. The summed E-state index contributed by atoms with van der Waals surface area (Å²) in [6, 6.07) is 5.13. The summed E-state index contributed by atoms with van der Waals surface area (Å²) in [7, 11) is 1.73. The zero-order chi connectivity index (χ0) is 17.6. The summed E-state index contributed by atoms with van der Waals surface area (Å²) in [4.78, 5) is 25.4. The highest BCUT2D eigenvalue weighted by Gasteiger charge is 2.14. The lowest BCUT2D eigenvalue weighted by Gasteiger charge is -2.19. The molecule has 0 aliphatic rings. The Labute approximate surface area is 147 Å². The number of nitrogens with one attached hydrogen (secondary N) is 2. The van der Waals surface area contributed by atoms with Crippen LogP contribution in [0.4, 0.5) is 0 Å². The lowest BCUT2D eigenvalue weighted by molar-refractivity contribution is -0.125. The maximum Gasteiger partial charge on any atom is 0.234 e. The molecule has 128 valence electrons. The number of carbonyl (C=O) groups is 2. The Bertz CT molecular complexity index is 564. The van der Waals surface area contributed by atoms with Gasteiger partial charge in [0.25, 0.3) is 0 Å². The summed E-state index contributed by atoms with van der Waals surface area (Å²) in [6.07, 6.45) is 0. The summed E-state index contributed by atoms with van der Waals surface area (Å²) in [6.45, 7) is 5.96. The minimum absolute atomic E-state index is 0.0828. The van der Waals surface area contributed by atoms with Gasteiger partial charge in [-0.15, -0.1) is 0 Å². The molecular weight excluding hydrogens is 337 g/mol. The number of nitrogens with zero attached hydrogens (tertiary/aromatic N) is 1. The number of carbonyl (C=O) groups excluding carboxylic acids is 2. The van der Waals surface area contributed by atoms with Crippen LogP contribution in [-0.2, 0) is 9.59 Å². The molecule has 2 N–H and O–H groups in total. The summed E-state index contributed by atoms with van der Waals surface area (Å²) in [5.41, 5.74) is 0.868. The van der Waals surface area contributed by atoms with E-state index in [9.17, 15) is 9.59 Å². The SMILES string of the molecule is CC(C)NC(=O)CN(C)CC(=O)N[C@H](C)c1ccc(Cl)c(Cl)c1. The molecule has 0 radical (unpaired) electrons. The number of benzene rings is 1. The Morgan fingerprint density at radius 1 is 1.04 bits per heavy atom. The van der Waals surface area contributed by atoms with E-state index in [1.807, 2.05) is 26.8 Å². The molecule has 1 rings (SSSR count). The zero-order valence-corrected chi connectivity index (χ0v) is 15.3. The summed E-state index contributed by atoms with van der Waals surface area (Å²) >= 11 is 11.9. The average molecular weight is 360 g/mol. The van der Waals surface area contributed by atoms with Gasteiger partial charge in [-0.3, -0.25) is 14.5 Å². The van der Waals surface area contributed by atoms with E-state index >= 15 is 0 Å². The number of hydrogen-bond acceptors (Lipinski definition) is 3. The maximum atomic E-state index is 12.0. The van der Waals surface area contributed by atoms with Gasteiger partial charge in [-0.05, 0) is 45.5 Å². The van der Waals surface area contributed by atoms with Crippen molar-refractivity contribution in [3.63, 3.8) is 0 Å². The monoisotopic (exact) mass is 359 g/mol. The Hall–Kier alpha value is -1.30. The van der Waals surface area contributed by atoms with Crippen LogP contribution < -0.4 is 10.6 Å². The second-order valence-corrected chi connectivity index (χ2v) is 6.67. The minimum atomic E-state index is -0.199. The number of likely N-dealkylation sites (N-methyl/N-ethyl adjacent to an activating group) is 1. The van der Waals surface area contributed by atoms with E-state index in [0.717, 1.165) is 5.56 Å². The van der Waals surface area contributed by atoms with Crippen molar-refractivity contribution in [1.82, 2.24) is 15.5 Å². The van der Waals surface area contributed by atoms with Crippen molar-refractivity contribution in [2.24, 2.45) is 0 Å². The van der Waals surface area contributed by atoms with Crippen LogP contribution in [0.15, 0.2) is 18.2 Å². The molecule has 2 amide bonds. The molecule has 0 aliphatic heterocycles. The molecule has 0 aliphatic carbocycles. The molecule has 0 unspecified atom stereocenters. The van der Waals surface area contributed by atoms with E-state index in [-0.39, 0.29) is 37.0 Å². The van der Waals surface area contributed by atoms with Crippen LogP contribution in [-0.4, -0.2) is 42.9 Å². The standard InChI is InChI=1S/C16H23Cl2N3O2/c1-10(2)19-15(22)8-21(4)9-16(23)20-11(3)12-5-6-13(17)14(18)7-12/h5-7,10-11H,8-9H2,1-4H3,(H,19,22)(H,20,23)/t11-/m1/s1. The van der Waals surface area contributed by atoms with Gasteiger partial charge in [-0.2, -0.15) is 0 Å². The van der Waals surface area contributed by atoms with Gasteiger partial charge in [0.2, 0.25) is 11.8 Å². The van der Waals surface area contributed by atoms with Gasteiger partial charge in [0, 0.05) is 6.04 Å². The topological polar surface area (TPSA) is 61.4 Å². The van der Waals surface area contributed by atoms with Crippen LogP contribution in [0, 0.1) is 0 Å². The Kier molecular flexibility index (Phi) is 7.82. The van der Waals surface area contributed by atoms with Crippen molar-refractivity contribution in [2.75, 3.05) is 20.1 Å². The van der Waals surface area contributed by atoms with E-state index in [1.165, 1.54) is 0 Å². The first-order valence-corrected chi connectivity index (χ1v) is 8.17. The molecule has 0 aromatic heterocycles. The summed E-state index contributed by atoms with van der Waals surface area (Å²) in [5, 5.41) is 6.59. The minimum Gasteiger partial charge on any atom is -0.353 e. The predicted molar refractivity (Wildman–Crippen MR) is 93.8 cm³/mol. The molecule has 1 atom stereocenters. The molecule has 0 spiro atoms. The van der Waals surface area contributed by atoms with E-state index in [2.05, 4.69) is 10.6 Å². The number of halogens is 2. The molecule has 1 aromatic rings. The van der Waals surface area contributed by atoms with Crippen molar-refractivity contribution >= 4 is 35.0 Å². The lowest BCUT2D eigenvalue weighted by Crippen LogP contribution is -2.42. The zero-order valence-electron chi connectivity index (χ0n) is 13.8. The normalized spacial score (nSPS) is 12.3. The van der Waals surface area contributed by atoms with Crippen molar-refractivity contribution in [1.29, 1.82) is 0 Å². The van der Waals surface area contributed by atoms with Gasteiger partial charge in [0.1, 0.15) is 0 Å². The van der Waals surface area contributed by atoms with E-state index in [0.29, 0.717) is 10.0 Å². The van der Waals surface area contributed by atoms with Crippen LogP contribution in [0.3, 0.4) is 0 Å². The molecule has 0 saturated heterocycles. The smallest absolute Gasteiger partial charge is 0.234 e. The highest BCUT2D eigenvalue weighted by atomic mass is 35.5. The fourth-order valence-electron chi connectivity index (χ4n) is 2.07. The van der Waals surface area contributed by atoms with Crippen LogP contribution in [0.1, 0.15) is 32.4 Å². The molecule has 1 aromatic carbocycles. The molecule has 0 saturated carbocycles. The van der Waals surface area contributed by atoms with E-state index < -0.39 is 0 Å². The van der Waals surface area contributed by atoms with Crippen molar-refractivity contribution < 1.29 is 9.59 Å². The molecule has 23 heavy (non-hydrogen) atoms. The van der Waals surface area contributed by atoms with E-state index in [4.69, 9.17) is 23.2 Å². The third-order valence-corrected chi connectivity index (χ3v) is 3.84. The first-order chi connectivity index (χ1) is 10.7. The highest BCUT2D eigenvalue weighted by Crippen LogP contribution is 2.25. The third kappa shape index (κ3) is 7.20. The quantitative estimate of drug-likeness (QED) is 0.786.